The van der Waals surface area contributed by atoms with Crippen molar-refractivity contribution in [3.63, 3.8) is 0 Å². The van der Waals surface area contributed by atoms with E-state index in [0.717, 1.165) is 5.92 Å². The Morgan fingerprint density at radius 3 is 1.61 bits per heavy atom. The lowest BCUT2D eigenvalue weighted by atomic mass is 9.81. The summed E-state index contributed by atoms with van der Waals surface area (Å²) in [5.74, 6) is 1.03. The molecule has 0 nitrogen and oxygen atoms in total. The second-order valence-corrected chi connectivity index (χ2v) is 7.34. The molecule has 1 saturated carbocycles. The summed E-state index contributed by atoms with van der Waals surface area (Å²) in [6.07, 6.45) is 19.1. The average molecular weight is 252 g/mol. The van der Waals surface area contributed by atoms with Crippen LogP contribution < -0.4 is 0 Å². The highest BCUT2D eigenvalue weighted by molar-refractivity contribution is 4.69. The van der Waals surface area contributed by atoms with Gasteiger partial charge in [-0.1, -0.05) is 91.4 Å². The van der Waals surface area contributed by atoms with Crippen LogP contribution in [0.25, 0.3) is 0 Å². The molecule has 0 atom stereocenters. The van der Waals surface area contributed by atoms with Crippen molar-refractivity contribution in [2.45, 2.75) is 104 Å². The van der Waals surface area contributed by atoms with Crippen molar-refractivity contribution in [3.05, 3.63) is 0 Å². The van der Waals surface area contributed by atoms with E-state index < -0.39 is 0 Å². The Balaban J connectivity index is 2.31. The van der Waals surface area contributed by atoms with E-state index in [9.17, 15) is 0 Å². The molecule has 0 aromatic rings. The molecule has 0 heterocycles. The summed E-state index contributed by atoms with van der Waals surface area (Å²) in [5, 5.41) is 0. The molecule has 1 rings (SSSR count). The van der Waals surface area contributed by atoms with Gasteiger partial charge in [-0.3, -0.25) is 0 Å². The third kappa shape index (κ3) is 7.44. The van der Waals surface area contributed by atoms with Crippen LogP contribution in [0.2, 0.25) is 0 Å². The van der Waals surface area contributed by atoms with E-state index in [0.29, 0.717) is 5.41 Å². The van der Waals surface area contributed by atoms with Crippen molar-refractivity contribution >= 4 is 0 Å². The predicted molar refractivity (Wildman–Crippen MR) is 83.0 cm³/mol. The molecule has 0 aliphatic heterocycles. The Morgan fingerprint density at radius 1 is 0.722 bits per heavy atom. The molecule has 0 heteroatoms. The molecular formula is C18H36. The first-order chi connectivity index (χ1) is 8.64. The maximum atomic E-state index is 2.48. The van der Waals surface area contributed by atoms with Gasteiger partial charge in [0.1, 0.15) is 0 Å². The van der Waals surface area contributed by atoms with Gasteiger partial charge < -0.3 is 0 Å². The van der Waals surface area contributed by atoms with Crippen molar-refractivity contribution in [2.24, 2.45) is 11.3 Å². The number of rotatable bonds is 1. The lowest BCUT2D eigenvalue weighted by molar-refractivity contribution is 0.277. The summed E-state index contributed by atoms with van der Waals surface area (Å²) in [6, 6.07) is 0. The quantitative estimate of drug-likeness (QED) is 0.485. The molecule has 0 spiro atoms. The number of hydrogen-bond acceptors (Lipinski definition) is 0. The predicted octanol–water partition coefficient (Wildman–Crippen LogP) is 6.73. The first-order valence-electron chi connectivity index (χ1n) is 8.64. The third-order valence-electron chi connectivity index (χ3n) is 5.01. The summed E-state index contributed by atoms with van der Waals surface area (Å²) in [5.41, 5.74) is 0.607. The molecule has 0 unspecified atom stereocenters. The van der Waals surface area contributed by atoms with E-state index in [-0.39, 0.29) is 0 Å². The minimum atomic E-state index is 0.607. The van der Waals surface area contributed by atoms with Crippen LogP contribution in [-0.2, 0) is 0 Å². The summed E-state index contributed by atoms with van der Waals surface area (Å²) >= 11 is 0. The fourth-order valence-electron chi connectivity index (χ4n) is 3.46. The Labute approximate surface area is 116 Å². The smallest absolute Gasteiger partial charge is 0.0354 e. The minimum absolute atomic E-state index is 0.607. The molecule has 0 radical (unpaired) electrons. The number of hydrogen-bond donors (Lipinski definition) is 0. The zero-order valence-corrected chi connectivity index (χ0v) is 13.3. The van der Waals surface area contributed by atoms with Gasteiger partial charge in [-0.05, 0) is 24.2 Å². The highest BCUT2D eigenvalue weighted by Gasteiger charge is 2.17. The second-order valence-electron chi connectivity index (χ2n) is 7.34. The van der Waals surface area contributed by atoms with Gasteiger partial charge in [0.05, 0.1) is 0 Å². The van der Waals surface area contributed by atoms with E-state index in [1.807, 2.05) is 0 Å². The van der Waals surface area contributed by atoms with Crippen molar-refractivity contribution in [2.75, 3.05) is 0 Å². The average Bonchev–Trinajstić information content (AvgIpc) is 2.34. The monoisotopic (exact) mass is 252 g/mol. The Kier molecular flexibility index (Phi) is 8.02. The van der Waals surface area contributed by atoms with E-state index in [1.165, 1.54) is 83.5 Å². The lowest BCUT2D eigenvalue weighted by Crippen LogP contribution is -2.11. The van der Waals surface area contributed by atoms with Gasteiger partial charge in [-0.25, -0.2) is 0 Å². The lowest BCUT2D eigenvalue weighted by Gasteiger charge is -2.25. The van der Waals surface area contributed by atoms with Crippen LogP contribution in [0.3, 0.4) is 0 Å². The Morgan fingerprint density at radius 2 is 1.17 bits per heavy atom. The van der Waals surface area contributed by atoms with Crippen LogP contribution >= 0.6 is 0 Å². The van der Waals surface area contributed by atoms with Crippen LogP contribution in [0, 0.1) is 11.3 Å². The molecule has 0 N–H and O–H groups in total. The summed E-state index contributed by atoms with van der Waals surface area (Å²) in [7, 11) is 0. The summed E-state index contributed by atoms with van der Waals surface area (Å²) in [4.78, 5) is 0. The van der Waals surface area contributed by atoms with Crippen LogP contribution in [-0.4, -0.2) is 0 Å². The maximum absolute atomic E-state index is 2.48. The van der Waals surface area contributed by atoms with Gasteiger partial charge in [-0.15, -0.1) is 0 Å². The molecule has 0 saturated heterocycles. The highest BCUT2D eigenvalue weighted by atomic mass is 14.2. The molecule has 0 aromatic heterocycles. The molecule has 18 heavy (non-hydrogen) atoms. The molecule has 1 fully saturated rings. The fraction of sp³-hybridized carbons (Fsp3) is 1.00. The standard InChI is InChI=1S/C18H36/c1-4-17-13-9-5-7-11-15-18(2,3)16-12-8-6-10-14-17/h17H,4-16H2,1-3H3. The largest absolute Gasteiger partial charge is 0.0651 e. The topological polar surface area (TPSA) is 0 Å². The Bertz CT molecular complexity index is 174. The van der Waals surface area contributed by atoms with E-state index in [4.69, 9.17) is 0 Å². The van der Waals surface area contributed by atoms with E-state index in [2.05, 4.69) is 20.8 Å². The van der Waals surface area contributed by atoms with Crippen LogP contribution in [0.1, 0.15) is 104 Å². The third-order valence-corrected chi connectivity index (χ3v) is 5.01. The normalized spacial score (nSPS) is 25.5. The molecule has 1 aliphatic carbocycles. The molecule has 0 aromatic carbocycles. The zero-order valence-electron chi connectivity index (χ0n) is 13.3. The van der Waals surface area contributed by atoms with Gasteiger partial charge in [0, 0.05) is 0 Å². The van der Waals surface area contributed by atoms with E-state index in [1.54, 1.807) is 0 Å². The van der Waals surface area contributed by atoms with Crippen LogP contribution in [0.15, 0.2) is 0 Å². The second kappa shape index (κ2) is 8.99. The van der Waals surface area contributed by atoms with E-state index >= 15 is 0 Å². The van der Waals surface area contributed by atoms with Gasteiger partial charge in [0.2, 0.25) is 0 Å². The first kappa shape index (κ1) is 16.1. The first-order valence-corrected chi connectivity index (χ1v) is 8.64. The summed E-state index contributed by atoms with van der Waals surface area (Å²) < 4.78 is 0. The molecule has 1 aliphatic rings. The highest BCUT2D eigenvalue weighted by Crippen LogP contribution is 2.31. The zero-order chi connectivity index (χ0) is 13.3. The minimum Gasteiger partial charge on any atom is -0.0651 e. The van der Waals surface area contributed by atoms with Gasteiger partial charge >= 0.3 is 0 Å². The Hall–Kier alpha value is 0. The maximum Gasteiger partial charge on any atom is -0.0354 e. The van der Waals surface area contributed by atoms with Gasteiger partial charge in [0.25, 0.3) is 0 Å². The van der Waals surface area contributed by atoms with Crippen molar-refractivity contribution in [3.8, 4) is 0 Å². The van der Waals surface area contributed by atoms with Crippen molar-refractivity contribution < 1.29 is 0 Å². The van der Waals surface area contributed by atoms with Crippen molar-refractivity contribution in [1.29, 1.82) is 0 Å². The molecule has 108 valence electrons. The molecule has 0 amide bonds. The van der Waals surface area contributed by atoms with Crippen LogP contribution in [0.4, 0.5) is 0 Å². The van der Waals surface area contributed by atoms with Gasteiger partial charge in [-0.2, -0.15) is 0 Å². The molecule has 0 bridgehead atoms. The fourth-order valence-corrected chi connectivity index (χ4v) is 3.46. The molecular weight excluding hydrogens is 216 g/mol. The van der Waals surface area contributed by atoms with Crippen LogP contribution in [0.5, 0.6) is 0 Å². The SMILES string of the molecule is CCC1CCCCCCC(C)(C)CCCCCC1. The van der Waals surface area contributed by atoms with Crippen molar-refractivity contribution in [1.82, 2.24) is 0 Å². The summed E-state index contributed by atoms with van der Waals surface area (Å²) in [6.45, 7) is 7.34. The van der Waals surface area contributed by atoms with Gasteiger partial charge in [0.15, 0.2) is 0 Å².